The Hall–Kier alpha value is -1.84. The number of hydrogen-bond acceptors (Lipinski definition) is 2. The summed E-state index contributed by atoms with van der Waals surface area (Å²) in [6.07, 6.45) is 0. The zero-order valence-corrected chi connectivity index (χ0v) is 8.13. The van der Waals surface area contributed by atoms with Crippen LogP contribution in [0.25, 0.3) is 0 Å². The van der Waals surface area contributed by atoms with Crippen LogP contribution in [0.15, 0.2) is 24.3 Å². The van der Waals surface area contributed by atoms with Crippen molar-refractivity contribution in [3.63, 3.8) is 0 Å². The standard InChI is InChI=1S/C10H12N2O2/c1-11-9(13)7-3-5-8(6-4-7)10(14)12-2/h3-6H,1-2H3,(H,11,13)(H,12,14). The van der Waals surface area contributed by atoms with E-state index in [2.05, 4.69) is 10.6 Å². The maximum absolute atomic E-state index is 11.2. The number of amides is 2. The van der Waals surface area contributed by atoms with Gasteiger partial charge < -0.3 is 10.6 Å². The molecule has 1 rings (SSSR count). The Morgan fingerprint density at radius 3 is 1.36 bits per heavy atom. The van der Waals surface area contributed by atoms with Crippen LogP contribution in [-0.4, -0.2) is 25.9 Å². The van der Waals surface area contributed by atoms with E-state index in [-0.39, 0.29) is 11.8 Å². The van der Waals surface area contributed by atoms with Crippen molar-refractivity contribution in [1.82, 2.24) is 10.6 Å². The van der Waals surface area contributed by atoms with Crippen LogP contribution in [0.2, 0.25) is 0 Å². The monoisotopic (exact) mass is 192 g/mol. The van der Waals surface area contributed by atoms with Gasteiger partial charge in [-0.15, -0.1) is 0 Å². The van der Waals surface area contributed by atoms with Crippen LogP contribution in [0.3, 0.4) is 0 Å². The molecule has 14 heavy (non-hydrogen) atoms. The summed E-state index contributed by atoms with van der Waals surface area (Å²) in [5.41, 5.74) is 1.08. The fraction of sp³-hybridized carbons (Fsp3) is 0.200. The minimum absolute atomic E-state index is 0.159. The van der Waals surface area contributed by atoms with E-state index >= 15 is 0 Å². The highest BCUT2D eigenvalue weighted by molar-refractivity contribution is 5.97. The molecule has 0 fully saturated rings. The van der Waals surface area contributed by atoms with Crippen LogP contribution in [0, 0.1) is 0 Å². The van der Waals surface area contributed by atoms with Crippen molar-refractivity contribution in [2.75, 3.05) is 14.1 Å². The second kappa shape index (κ2) is 4.41. The van der Waals surface area contributed by atoms with Gasteiger partial charge >= 0.3 is 0 Å². The molecule has 0 aromatic heterocycles. The quantitative estimate of drug-likeness (QED) is 0.712. The molecular weight excluding hydrogens is 180 g/mol. The molecule has 1 aromatic rings. The molecule has 4 heteroatoms. The first-order valence-corrected chi connectivity index (χ1v) is 4.23. The Bertz CT molecular complexity index is 309. The molecule has 0 unspecified atom stereocenters. The molecular formula is C10H12N2O2. The molecule has 0 atom stereocenters. The van der Waals surface area contributed by atoms with E-state index < -0.39 is 0 Å². The van der Waals surface area contributed by atoms with Gasteiger partial charge in [-0.1, -0.05) is 0 Å². The Balaban J connectivity index is 2.89. The summed E-state index contributed by atoms with van der Waals surface area (Å²) in [6, 6.07) is 6.46. The molecule has 0 saturated carbocycles. The third kappa shape index (κ3) is 2.10. The number of carbonyl (C=O) groups excluding carboxylic acids is 2. The van der Waals surface area contributed by atoms with Crippen LogP contribution < -0.4 is 10.6 Å². The lowest BCUT2D eigenvalue weighted by molar-refractivity contribution is 0.0951. The molecule has 0 radical (unpaired) electrons. The van der Waals surface area contributed by atoms with Crippen LogP contribution >= 0.6 is 0 Å². The molecule has 0 heterocycles. The van der Waals surface area contributed by atoms with Gasteiger partial charge in [0.05, 0.1) is 0 Å². The molecule has 1 aromatic carbocycles. The topological polar surface area (TPSA) is 58.2 Å². The van der Waals surface area contributed by atoms with Crippen molar-refractivity contribution in [2.24, 2.45) is 0 Å². The fourth-order valence-electron chi connectivity index (χ4n) is 1.06. The van der Waals surface area contributed by atoms with Crippen molar-refractivity contribution in [3.05, 3.63) is 35.4 Å². The van der Waals surface area contributed by atoms with Crippen LogP contribution in [0.1, 0.15) is 20.7 Å². The summed E-state index contributed by atoms with van der Waals surface area (Å²) < 4.78 is 0. The summed E-state index contributed by atoms with van der Waals surface area (Å²) >= 11 is 0. The molecule has 0 spiro atoms. The summed E-state index contributed by atoms with van der Waals surface area (Å²) in [4.78, 5) is 22.3. The molecule has 2 amide bonds. The number of carbonyl (C=O) groups is 2. The normalized spacial score (nSPS) is 9.29. The highest BCUT2D eigenvalue weighted by atomic mass is 16.2. The second-order valence-electron chi connectivity index (χ2n) is 2.74. The van der Waals surface area contributed by atoms with Gasteiger partial charge in [0, 0.05) is 25.2 Å². The van der Waals surface area contributed by atoms with Crippen molar-refractivity contribution >= 4 is 11.8 Å². The molecule has 0 aliphatic rings. The second-order valence-corrected chi connectivity index (χ2v) is 2.74. The van der Waals surface area contributed by atoms with Gasteiger partial charge in [0.15, 0.2) is 0 Å². The van der Waals surface area contributed by atoms with E-state index in [9.17, 15) is 9.59 Å². The maximum atomic E-state index is 11.2. The highest BCUT2D eigenvalue weighted by Gasteiger charge is 2.05. The van der Waals surface area contributed by atoms with Crippen LogP contribution in [-0.2, 0) is 0 Å². The molecule has 0 aliphatic heterocycles. The van der Waals surface area contributed by atoms with Gasteiger partial charge in [-0.05, 0) is 24.3 Å². The van der Waals surface area contributed by atoms with Gasteiger partial charge in [0.25, 0.3) is 11.8 Å². The molecule has 0 aliphatic carbocycles. The van der Waals surface area contributed by atoms with Crippen LogP contribution in [0.4, 0.5) is 0 Å². The predicted octanol–water partition coefficient (Wildman–Crippen LogP) is 0.406. The minimum Gasteiger partial charge on any atom is -0.355 e. The predicted molar refractivity (Wildman–Crippen MR) is 53.2 cm³/mol. The molecule has 0 saturated heterocycles. The third-order valence-corrected chi connectivity index (χ3v) is 1.86. The summed E-state index contributed by atoms with van der Waals surface area (Å²) in [7, 11) is 3.13. The van der Waals surface area contributed by atoms with Crippen molar-refractivity contribution in [1.29, 1.82) is 0 Å². The maximum Gasteiger partial charge on any atom is 0.251 e. The summed E-state index contributed by atoms with van der Waals surface area (Å²) in [5.74, 6) is -0.318. The van der Waals surface area contributed by atoms with Gasteiger partial charge in [-0.3, -0.25) is 9.59 Å². The first kappa shape index (κ1) is 10.2. The lowest BCUT2D eigenvalue weighted by Crippen LogP contribution is -2.19. The Morgan fingerprint density at radius 1 is 0.857 bits per heavy atom. The Kier molecular flexibility index (Phi) is 3.23. The molecule has 74 valence electrons. The van der Waals surface area contributed by atoms with Crippen molar-refractivity contribution in [3.8, 4) is 0 Å². The minimum atomic E-state index is -0.159. The van der Waals surface area contributed by atoms with Crippen molar-refractivity contribution in [2.45, 2.75) is 0 Å². The summed E-state index contributed by atoms with van der Waals surface area (Å²) in [6.45, 7) is 0. The average molecular weight is 192 g/mol. The lowest BCUT2D eigenvalue weighted by atomic mass is 10.1. The van der Waals surface area contributed by atoms with E-state index in [0.29, 0.717) is 11.1 Å². The fourth-order valence-corrected chi connectivity index (χ4v) is 1.06. The average Bonchev–Trinajstić information content (AvgIpc) is 2.27. The van der Waals surface area contributed by atoms with E-state index in [1.165, 1.54) is 0 Å². The first-order valence-electron chi connectivity index (χ1n) is 4.23. The molecule has 0 bridgehead atoms. The zero-order valence-electron chi connectivity index (χ0n) is 8.13. The number of hydrogen-bond donors (Lipinski definition) is 2. The van der Waals surface area contributed by atoms with Gasteiger partial charge in [0.1, 0.15) is 0 Å². The molecule has 2 N–H and O–H groups in total. The first-order chi connectivity index (χ1) is 6.69. The van der Waals surface area contributed by atoms with Crippen LogP contribution in [0.5, 0.6) is 0 Å². The van der Waals surface area contributed by atoms with Gasteiger partial charge in [-0.2, -0.15) is 0 Å². The third-order valence-electron chi connectivity index (χ3n) is 1.86. The van der Waals surface area contributed by atoms with Crippen molar-refractivity contribution < 1.29 is 9.59 Å². The van der Waals surface area contributed by atoms with E-state index in [0.717, 1.165) is 0 Å². The molecule has 4 nitrogen and oxygen atoms in total. The highest BCUT2D eigenvalue weighted by Crippen LogP contribution is 2.03. The number of rotatable bonds is 2. The Morgan fingerprint density at radius 2 is 1.14 bits per heavy atom. The zero-order chi connectivity index (χ0) is 10.6. The van der Waals surface area contributed by atoms with E-state index in [1.807, 2.05) is 0 Å². The van der Waals surface area contributed by atoms with E-state index in [1.54, 1.807) is 38.4 Å². The number of nitrogens with one attached hydrogen (secondary N) is 2. The van der Waals surface area contributed by atoms with Gasteiger partial charge in [0.2, 0.25) is 0 Å². The lowest BCUT2D eigenvalue weighted by Gasteiger charge is -2.01. The summed E-state index contributed by atoms with van der Waals surface area (Å²) in [5, 5.41) is 5.01. The SMILES string of the molecule is CNC(=O)c1ccc(C(=O)NC)cc1. The Labute approximate surface area is 82.3 Å². The van der Waals surface area contributed by atoms with Gasteiger partial charge in [-0.25, -0.2) is 0 Å². The number of benzene rings is 1. The smallest absolute Gasteiger partial charge is 0.251 e. The van der Waals surface area contributed by atoms with E-state index in [4.69, 9.17) is 0 Å². The largest absolute Gasteiger partial charge is 0.355 e.